The van der Waals surface area contributed by atoms with Gasteiger partial charge in [0.05, 0.1) is 12.8 Å². The Kier molecular flexibility index (Phi) is 6.63. The van der Waals surface area contributed by atoms with Gasteiger partial charge < -0.3 is 9.80 Å². The van der Waals surface area contributed by atoms with Crippen LogP contribution in [0, 0.1) is 11.8 Å². The summed E-state index contributed by atoms with van der Waals surface area (Å²) in [6, 6.07) is 8.01. The lowest BCUT2D eigenvalue weighted by Crippen LogP contribution is -2.39. The van der Waals surface area contributed by atoms with Gasteiger partial charge in [0.25, 0.3) is 0 Å². The van der Waals surface area contributed by atoms with Crippen molar-refractivity contribution in [1.82, 2.24) is 29.6 Å². The molecule has 0 spiro atoms. The highest BCUT2D eigenvalue weighted by molar-refractivity contribution is 7.19. The minimum absolute atomic E-state index is 0.0865. The molecule has 1 aromatic carbocycles. The number of likely N-dealkylation sites (tertiary alicyclic amines) is 2. The van der Waals surface area contributed by atoms with Gasteiger partial charge in [0, 0.05) is 31.7 Å². The summed E-state index contributed by atoms with van der Waals surface area (Å²) in [5.74, 6) is 2.24. The molecule has 0 N–H and O–H groups in total. The van der Waals surface area contributed by atoms with Crippen molar-refractivity contribution in [3.8, 4) is 10.6 Å². The van der Waals surface area contributed by atoms with Crippen LogP contribution >= 0.6 is 11.3 Å². The number of aromatic nitrogens is 4. The molecule has 2 aliphatic heterocycles. The first kappa shape index (κ1) is 23.0. The molecule has 8 nitrogen and oxygen atoms in total. The lowest BCUT2D eigenvalue weighted by atomic mass is 9.98. The molecular formula is C25H32N6O2S. The number of carbonyl (C=O) groups is 2. The van der Waals surface area contributed by atoms with Gasteiger partial charge in [-0.25, -0.2) is 0 Å². The number of piperidine rings is 2. The fraction of sp³-hybridized carbons (Fsp3) is 0.560. The molecule has 0 saturated carbocycles. The van der Waals surface area contributed by atoms with Crippen molar-refractivity contribution in [1.29, 1.82) is 0 Å². The van der Waals surface area contributed by atoms with Crippen molar-refractivity contribution in [3.05, 3.63) is 35.7 Å². The van der Waals surface area contributed by atoms with Gasteiger partial charge in [0.2, 0.25) is 16.8 Å². The molecule has 0 aliphatic carbocycles. The number of rotatable bonds is 5. The van der Waals surface area contributed by atoms with Gasteiger partial charge >= 0.3 is 0 Å². The second-order valence-electron chi connectivity index (χ2n) is 9.90. The molecule has 34 heavy (non-hydrogen) atoms. The maximum atomic E-state index is 12.8. The lowest BCUT2D eigenvalue weighted by Gasteiger charge is -2.30. The van der Waals surface area contributed by atoms with E-state index in [0.29, 0.717) is 29.0 Å². The van der Waals surface area contributed by atoms with Crippen LogP contribution < -0.4 is 0 Å². The van der Waals surface area contributed by atoms with Gasteiger partial charge in [-0.05, 0) is 49.1 Å². The van der Waals surface area contributed by atoms with Crippen LogP contribution in [-0.2, 0) is 22.4 Å². The minimum Gasteiger partial charge on any atom is -0.342 e. The van der Waals surface area contributed by atoms with Gasteiger partial charge in [0.15, 0.2) is 5.82 Å². The Labute approximate surface area is 204 Å². The van der Waals surface area contributed by atoms with Crippen LogP contribution in [0.15, 0.2) is 24.3 Å². The van der Waals surface area contributed by atoms with Gasteiger partial charge in [-0.1, -0.05) is 43.4 Å². The summed E-state index contributed by atoms with van der Waals surface area (Å²) in [7, 11) is 0. The summed E-state index contributed by atoms with van der Waals surface area (Å²) in [5.41, 5.74) is 1.94. The lowest BCUT2D eigenvalue weighted by molar-refractivity contribution is -0.132. The van der Waals surface area contributed by atoms with Crippen LogP contribution in [-0.4, -0.2) is 67.6 Å². The van der Waals surface area contributed by atoms with Crippen molar-refractivity contribution in [2.24, 2.45) is 11.8 Å². The van der Waals surface area contributed by atoms with Crippen molar-refractivity contribution in [2.75, 3.05) is 26.2 Å². The predicted molar refractivity (Wildman–Crippen MR) is 131 cm³/mol. The molecule has 0 bridgehead atoms. The average molecular weight is 481 g/mol. The highest BCUT2D eigenvalue weighted by Gasteiger charge is 2.24. The molecule has 5 rings (SSSR count). The van der Waals surface area contributed by atoms with Crippen LogP contribution in [0.3, 0.4) is 0 Å². The summed E-state index contributed by atoms with van der Waals surface area (Å²) in [6.07, 6.45) is 4.89. The zero-order valence-corrected chi connectivity index (χ0v) is 20.8. The van der Waals surface area contributed by atoms with E-state index in [1.54, 1.807) is 4.52 Å². The first-order valence-corrected chi connectivity index (χ1v) is 13.1. The molecule has 2 aromatic heterocycles. The van der Waals surface area contributed by atoms with E-state index in [-0.39, 0.29) is 18.2 Å². The number of hydrogen-bond acceptors (Lipinski definition) is 6. The standard InChI is InChI=1S/C25H32N6O2S/c1-17-6-10-29(11-7-17)22(32)15-19-4-3-5-20(14-19)24-28-31-21(26-27-25(31)34-24)16-23(33)30-12-8-18(2)9-13-30/h3-5,14,17-18H,6-13,15-16H2,1-2H3. The molecular weight excluding hydrogens is 448 g/mol. The van der Waals surface area contributed by atoms with Crippen LogP contribution in [0.5, 0.6) is 0 Å². The summed E-state index contributed by atoms with van der Waals surface area (Å²) in [6.45, 7) is 7.82. The van der Waals surface area contributed by atoms with E-state index in [1.165, 1.54) is 11.3 Å². The Bertz CT molecular complexity index is 1170. The minimum atomic E-state index is 0.0865. The number of benzene rings is 1. The van der Waals surface area contributed by atoms with E-state index in [1.807, 2.05) is 34.1 Å². The first-order chi connectivity index (χ1) is 16.5. The Hall–Kier alpha value is -2.81. The summed E-state index contributed by atoms with van der Waals surface area (Å²) in [5, 5.41) is 14.0. The highest BCUT2D eigenvalue weighted by Crippen LogP contribution is 2.27. The molecule has 2 saturated heterocycles. The number of amides is 2. The highest BCUT2D eigenvalue weighted by atomic mass is 32.1. The quantitative estimate of drug-likeness (QED) is 0.559. The smallest absolute Gasteiger partial charge is 0.234 e. The van der Waals surface area contributed by atoms with Crippen LogP contribution in [0.2, 0.25) is 0 Å². The molecule has 2 fully saturated rings. The fourth-order valence-electron chi connectivity index (χ4n) is 4.75. The monoisotopic (exact) mass is 480 g/mol. The maximum Gasteiger partial charge on any atom is 0.234 e. The Morgan fingerprint density at radius 3 is 2.18 bits per heavy atom. The van der Waals surface area contributed by atoms with Crippen molar-refractivity contribution in [3.63, 3.8) is 0 Å². The van der Waals surface area contributed by atoms with Crippen LogP contribution in [0.25, 0.3) is 15.5 Å². The molecule has 3 aromatic rings. The average Bonchev–Trinajstić information content (AvgIpc) is 3.42. The second-order valence-corrected chi connectivity index (χ2v) is 10.9. The number of nitrogens with zero attached hydrogens (tertiary/aromatic N) is 6. The van der Waals surface area contributed by atoms with E-state index >= 15 is 0 Å². The molecule has 0 atom stereocenters. The van der Waals surface area contributed by atoms with Gasteiger partial charge in [-0.2, -0.15) is 9.61 Å². The summed E-state index contributed by atoms with van der Waals surface area (Å²) in [4.78, 5) is 30.1. The normalized spacial score (nSPS) is 18.1. The summed E-state index contributed by atoms with van der Waals surface area (Å²) < 4.78 is 1.69. The molecule has 180 valence electrons. The van der Waals surface area contributed by atoms with E-state index < -0.39 is 0 Å². The largest absolute Gasteiger partial charge is 0.342 e. The first-order valence-electron chi connectivity index (χ1n) is 12.3. The number of hydrogen-bond donors (Lipinski definition) is 0. The zero-order chi connectivity index (χ0) is 23.7. The number of fused-ring (bicyclic) bond motifs is 1. The third-order valence-corrected chi connectivity index (χ3v) is 8.11. The zero-order valence-electron chi connectivity index (χ0n) is 19.9. The van der Waals surface area contributed by atoms with E-state index in [4.69, 9.17) is 5.10 Å². The Morgan fingerprint density at radius 1 is 0.912 bits per heavy atom. The molecule has 4 heterocycles. The molecule has 9 heteroatoms. The number of carbonyl (C=O) groups excluding carboxylic acids is 2. The topological polar surface area (TPSA) is 83.7 Å². The maximum absolute atomic E-state index is 12.8. The van der Waals surface area contributed by atoms with E-state index in [2.05, 4.69) is 24.0 Å². The van der Waals surface area contributed by atoms with Crippen molar-refractivity contribution in [2.45, 2.75) is 52.4 Å². The van der Waals surface area contributed by atoms with Crippen molar-refractivity contribution >= 4 is 28.1 Å². The van der Waals surface area contributed by atoms with Crippen LogP contribution in [0.4, 0.5) is 0 Å². The predicted octanol–water partition coefficient (Wildman–Crippen LogP) is 3.45. The van der Waals surface area contributed by atoms with E-state index in [0.717, 1.165) is 68.0 Å². The molecule has 2 aliphatic rings. The Morgan fingerprint density at radius 2 is 1.53 bits per heavy atom. The van der Waals surface area contributed by atoms with Gasteiger partial charge in [-0.15, -0.1) is 10.2 Å². The van der Waals surface area contributed by atoms with Gasteiger partial charge in [0.1, 0.15) is 5.01 Å². The molecule has 0 radical (unpaired) electrons. The molecule has 2 amide bonds. The Balaban J connectivity index is 1.28. The van der Waals surface area contributed by atoms with Crippen LogP contribution in [0.1, 0.15) is 50.9 Å². The summed E-state index contributed by atoms with van der Waals surface area (Å²) >= 11 is 1.45. The third kappa shape index (κ3) is 4.99. The second kappa shape index (κ2) is 9.82. The fourth-order valence-corrected chi connectivity index (χ4v) is 5.60. The third-order valence-electron chi connectivity index (χ3n) is 7.17. The van der Waals surface area contributed by atoms with Crippen molar-refractivity contribution < 1.29 is 9.59 Å². The van der Waals surface area contributed by atoms with E-state index in [9.17, 15) is 9.59 Å². The molecule has 0 unspecified atom stereocenters. The SMILES string of the molecule is CC1CCN(C(=O)Cc2cccc(-c3nn4c(CC(=O)N5CCC(C)CC5)nnc4s3)c2)CC1. The van der Waals surface area contributed by atoms with Gasteiger partial charge in [-0.3, -0.25) is 9.59 Å².